The van der Waals surface area contributed by atoms with Crippen LogP contribution in [0.3, 0.4) is 0 Å². The lowest BCUT2D eigenvalue weighted by Gasteiger charge is -2.09. The summed E-state index contributed by atoms with van der Waals surface area (Å²) >= 11 is 9.19. The Morgan fingerprint density at radius 1 is 1.14 bits per heavy atom. The third-order valence-electron chi connectivity index (χ3n) is 2.89. The van der Waals surface area contributed by atoms with E-state index in [4.69, 9.17) is 21.1 Å². The molecule has 2 aromatic carbocycles. The van der Waals surface area contributed by atoms with Crippen LogP contribution < -0.4 is 4.74 Å². The quantitative estimate of drug-likeness (QED) is 0.575. The summed E-state index contributed by atoms with van der Waals surface area (Å²) in [4.78, 5) is 24.1. The average Bonchev–Trinajstić information content (AvgIpc) is 2.54. The molecule has 6 heteroatoms. The van der Waals surface area contributed by atoms with Crippen LogP contribution in [-0.2, 0) is 4.74 Å². The molecule has 0 saturated carbocycles. The van der Waals surface area contributed by atoms with Crippen molar-refractivity contribution in [1.29, 1.82) is 0 Å². The van der Waals surface area contributed by atoms with Gasteiger partial charge in [-0.05, 0) is 30.3 Å². The van der Waals surface area contributed by atoms with Crippen LogP contribution in [0.4, 0.5) is 0 Å². The Morgan fingerprint density at radius 2 is 1.86 bits per heavy atom. The van der Waals surface area contributed by atoms with E-state index in [1.54, 1.807) is 36.4 Å². The van der Waals surface area contributed by atoms with Crippen LogP contribution in [0.1, 0.15) is 20.7 Å². The van der Waals surface area contributed by atoms with Crippen molar-refractivity contribution in [3.8, 4) is 5.75 Å². The Hall–Kier alpha value is -1.85. The molecule has 0 bridgehead atoms. The van der Waals surface area contributed by atoms with E-state index in [1.807, 2.05) is 0 Å². The van der Waals surface area contributed by atoms with E-state index in [0.29, 0.717) is 15.8 Å². The van der Waals surface area contributed by atoms with Gasteiger partial charge in [-0.3, -0.25) is 4.79 Å². The number of ether oxygens (including phenoxy) is 2. The number of benzene rings is 2. The summed E-state index contributed by atoms with van der Waals surface area (Å²) < 4.78 is 10.8. The molecule has 0 atom stereocenters. The molecule has 0 amide bonds. The zero-order valence-electron chi connectivity index (χ0n) is 11.6. The molecule has 0 spiro atoms. The van der Waals surface area contributed by atoms with Gasteiger partial charge in [0.05, 0.1) is 23.3 Å². The first-order valence-corrected chi connectivity index (χ1v) is 7.48. The minimum Gasteiger partial charge on any atom is -0.496 e. The Kier molecular flexibility index (Phi) is 5.57. The molecule has 2 aromatic rings. The first-order valence-electron chi connectivity index (χ1n) is 6.31. The van der Waals surface area contributed by atoms with Crippen molar-refractivity contribution in [3.63, 3.8) is 0 Å². The molecule has 114 valence electrons. The molecular weight excluding hydrogens is 372 g/mol. The van der Waals surface area contributed by atoms with Gasteiger partial charge in [0.1, 0.15) is 5.75 Å². The third kappa shape index (κ3) is 3.87. The van der Waals surface area contributed by atoms with Gasteiger partial charge in [-0.25, -0.2) is 4.79 Å². The fraction of sp³-hybridized carbons (Fsp3) is 0.125. The lowest BCUT2D eigenvalue weighted by atomic mass is 10.1. The highest BCUT2D eigenvalue weighted by Gasteiger charge is 2.17. The number of Topliss-reactive ketones (excluding diaryl/α,β-unsaturated/α-hetero) is 1. The second kappa shape index (κ2) is 7.42. The minimum absolute atomic E-state index is 0.198. The maximum atomic E-state index is 12.1. The van der Waals surface area contributed by atoms with Crippen molar-refractivity contribution in [1.82, 2.24) is 0 Å². The largest absolute Gasteiger partial charge is 0.496 e. The van der Waals surface area contributed by atoms with E-state index in [9.17, 15) is 9.59 Å². The summed E-state index contributed by atoms with van der Waals surface area (Å²) in [6, 6.07) is 11.6. The maximum Gasteiger partial charge on any atom is 0.340 e. The van der Waals surface area contributed by atoms with E-state index in [-0.39, 0.29) is 23.0 Å². The fourth-order valence-electron chi connectivity index (χ4n) is 1.82. The van der Waals surface area contributed by atoms with Gasteiger partial charge < -0.3 is 9.47 Å². The number of ketones is 1. The van der Waals surface area contributed by atoms with Gasteiger partial charge >= 0.3 is 5.97 Å². The predicted octanol–water partition coefficient (Wildman–Crippen LogP) is 4.15. The summed E-state index contributed by atoms with van der Waals surface area (Å²) in [5.41, 5.74) is 0.557. The number of carbonyl (C=O) groups excluding carboxylic acids is 2. The van der Waals surface area contributed by atoms with Gasteiger partial charge in [0, 0.05) is 4.47 Å². The normalized spacial score (nSPS) is 10.1. The zero-order valence-corrected chi connectivity index (χ0v) is 14.0. The van der Waals surface area contributed by atoms with Crippen LogP contribution >= 0.6 is 27.5 Å². The smallest absolute Gasteiger partial charge is 0.340 e. The maximum absolute atomic E-state index is 12.1. The van der Waals surface area contributed by atoms with E-state index in [0.717, 1.165) is 0 Å². The number of esters is 1. The lowest BCUT2D eigenvalue weighted by molar-refractivity contribution is 0.0474. The van der Waals surface area contributed by atoms with E-state index in [1.165, 1.54) is 13.2 Å². The standard InChI is InChI=1S/C16H12BrClO4/c1-21-15-5-3-2-4-11(15)14(19)9-22-16(20)12-8-10(17)6-7-13(12)18/h2-8H,9H2,1H3. The summed E-state index contributed by atoms with van der Waals surface area (Å²) in [5, 5.41) is 0.262. The summed E-state index contributed by atoms with van der Waals surface area (Å²) in [6.07, 6.45) is 0. The van der Waals surface area contributed by atoms with Crippen LogP contribution in [-0.4, -0.2) is 25.5 Å². The number of halogens is 2. The number of hydrogen-bond donors (Lipinski definition) is 0. The Morgan fingerprint density at radius 3 is 2.59 bits per heavy atom. The molecule has 0 N–H and O–H groups in total. The first-order chi connectivity index (χ1) is 10.5. The van der Waals surface area contributed by atoms with Crippen molar-refractivity contribution < 1.29 is 19.1 Å². The van der Waals surface area contributed by atoms with Crippen molar-refractivity contribution in [2.75, 3.05) is 13.7 Å². The van der Waals surface area contributed by atoms with Gasteiger partial charge in [-0.15, -0.1) is 0 Å². The van der Waals surface area contributed by atoms with Gasteiger partial charge in [-0.1, -0.05) is 39.7 Å². The molecule has 0 radical (unpaired) electrons. The molecule has 2 rings (SSSR count). The molecule has 0 fully saturated rings. The highest BCUT2D eigenvalue weighted by molar-refractivity contribution is 9.10. The first kappa shape index (κ1) is 16.5. The number of rotatable bonds is 5. The predicted molar refractivity (Wildman–Crippen MR) is 86.8 cm³/mol. The number of carbonyl (C=O) groups is 2. The molecule has 0 aromatic heterocycles. The van der Waals surface area contributed by atoms with Crippen LogP contribution in [0.25, 0.3) is 0 Å². The molecule has 4 nitrogen and oxygen atoms in total. The summed E-state index contributed by atoms with van der Waals surface area (Å²) in [7, 11) is 1.47. The molecule has 0 aliphatic heterocycles. The van der Waals surface area contributed by atoms with Gasteiger partial charge in [0.25, 0.3) is 0 Å². The number of methoxy groups -OCH3 is 1. The molecule has 0 aliphatic carbocycles. The van der Waals surface area contributed by atoms with Gasteiger partial charge in [-0.2, -0.15) is 0 Å². The van der Waals surface area contributed by atoms with Crippen molar-refractivity contribution in [2.45, 2.75) is 0 Å². The lowest BCUT2D eigenvalue weighted by Crippen LogP contribution is -2.15. The SMILES string of the molecule is COc1ccccc1C(=O)COC(=O)c1cc(Br)ccc1Cl. The van der Waals surface area contributed by atoms with E-state index < -0.39 is 5.97 Å². The van der Waals surface area contributed by atoms with Gasteiger partial charge in [0.15, 0.2) is 6.61 Å². The highest BCUT2D eigenvalue weighted by atomic mass is 79.9. The Balaban J connectivity index is 2.08. The second-order valence-corrected chi connectivity index (χ2v) is 5.65. The van der Waals surface area contributed by atoms with Crippen LogP contribution in [0.5, 0.6) is 5.75 Å². The van der Waals surface area contributed by atoms with Crippen molar-refractivity contribution in [2.24, 2.45) is 0 Å². The van der Waals surface area contributed by atoms with Crippen molar-refractivity contribution in [3.05, 3.63) is 63.1 Å². The Bertz CT molecular complexity index is 715. The minimum atomic E-state index is -0.658. The molecular formula is C16H12BrClO4. The molecule has 0 unspecified atom stereocenters. The van der Waals surface area contributed by atoms with Crippen LogP contribution in [0, 0.1) is 0 Å². The molecule has 22 heavy (non-hydrogen) atoms. The summed E-state index contributed by atoms with van der Waals surface area (Å²) in [5.74, 6) is -0.574. The molecule has 0 heterocycles. The number of hydrogen-bond acceptors (Lipinski definition) is 4. The molecule has 0 saturated heterocycles. The number of para-hydroxylation sites is 1. The van der Waals surface area contributed by atoms with E-state index >= 15 is 0 Å². The third-order valence-corrected chi connectivity index (χ3v) is 3.71. The average molecular weight is 384 g/mol. The second-order valence-electron chi connectivity index (χ2n) is 4.32. The van der Waals surface area contributed by atoms with Crippen LogP contribution in [0.2, 0.25) is 5.02 Å². The van der Waals surface area contributed by atoms with E-state index in [2.05, 4.69) is 15.9 Å². The highest BCUT2D eigenvalue weighted by Crippen LogP contribution is 2.22. The van der Waals surface area contributed by atoms with Crippen LogP contribution in [0.15, 0.2) is 46.9 Å². The van der Waals surface area contributed by atoms with Gasteiger partial charge in [0.2, 0.25) is 5.78 Å². The summed E-state index contributed by atoms with van der Waals surface area (Å²) in [6.45, 7) is -0.387. The fourth-order valence-corrected chi connectivity index (χ4v) is 2.37. The monoisotopic (exact) mass is 382 g/mol. The van der Waals surface area contributed by atoms with Crippen molar-refractivity contribution >= 4 is 39.3 Å². The Labute approximate surface area is 141 Å². The topological polar surface area (TPSA) is 52.6 Å². The molecule has 0 aliphatic rings. The zero-order chi connectivity index (χ0) is 16.1.